The Labute approximate surface area is 125 Å². The number of ether oxygens (including phenoxy) is 1. The first kappa shape index (κ1) is 17.5. The fourth-order valence-corrected chi connectivity index (χ4v) is 3.04. The molecular weight excluding hydrogens is 248 g/mol. The molecule has 1 saturated carbocycles. The number of carbonyl (C=O) groups excluding carboxylic acids is 1. The topological polar surface area (TPSA) is 26.3 Å². The van der Waals surface area contributed by atoms with Gasteiger partial charge in [-0.15, -0.1) is 0 Å². The maximum Gasteiger partial charge on any atom is 0.305 e. The Hall–Kier alpha value is -0.530. The van der Waals surface area contributed by atoms with Gasteiger partial charge in [-0.05, 0) is 25.2 Å². The molecule has 1 aliphatic rings. The van der Waals surface area contributed by atoms with Gasteiger partial charge in [0, 0.05) is 6.42 Å². The number of esters is 1. The van der Waals surface area contributed by atoms with Crippen molar-refractivity contribution < 1.29 is 9.53 Å². The maximum absolute atomic E-state index is 11.6. The molecule has 0 aromatic heterocycles. The van der Waals surface area contributed by atoms with E-state index in [1.165, 1.54) is 77.0 Å². The lowest BCUT2D eigenvalue weighted by atomic mass is 9.90. The van der Waals surface area contributed by atoms with Crippen molar-refractivity contribution in [2.24, 2.45) is 5.92 Å². The van der Waals surface area contributed by atoms with Crippen molar-refractivity contribution >= 4 is 5.97 Å². The standard InChI is InChI=1S/C18H34O2/c1-2-3-4-5-6-7-8-12-15-18(19)20-16-17-13-10-9-11-14-17/h17H,2-16H2,1H3. The third-order valence-corrected chi connectivity index (χ3v) is 4.44. The van der Waals surface area contributed by atoms with Crippen molar-refractivity contribution in [1.29, 1.82) is 0 Å². The molecule has 2 nitrogen and oxygen atoms in total. The van der Waals surface area contributed by atoms with Gasteiger partial charge in [-0.3, -0.25) is 4.79 Å². The van der Waals surface area contributed by atoms with Crippen LogP contribution >= 0.6 is 0 Å². The van der Waals surface area contributed by atoms with Crippen molar-refractivity contribution in [3.8, 4) is 0 Å². The fraction of sp³-hybridized carbons (Fsp3) is 0.944. The zero-order chi connectivity index (χ0) is 14.5. The molecule has 20 heavy (non-hydrogen) atoms. The molecule has 1 fully saturated rings. The second-order valence-corrected chi connectivity index (χ2v) is 6.41. The Morgan fingerprint density at radius 3 is 2.15 bits per heavy atom. The van der Waals surface area contributed by atoms with Gasteiger partial charge in [-0.25, -0.2) is 0 Å². The van der Waals surface area contributed by atoms with Crippen molar-refractivity contribution in [3.63, 3.8) is 0 Å². The van der Waals surface area contributed by atoms with Crippen LogP contribution in [0.1, 0.15) is 96.8 Å². The Bertz CT molecular complexity index is 232. The summed E-state index contributed by atoms with van der Waals surface area (Å²) in [5, 5.41) is 0. The van der Waals surface area contributed by atoms with Gasteiger partial charge in [0.2, 0.25) is 0 Å². The molecule has 0 aliphatic heterocycles. The fourth-order valence-electron chi connectivity index (χ4n) is 3.04. The van der Waals surface area contributed by atoms with E-state index in [9.17, 15) is 4.79 Å². The summed E-state index contributed by atoms with van der Waals surface area (Å²) < 4.78 is 5.40. The maximum atomic E-state index is 11.6. The summed E-state index contributed by atoms with van der Waals surface area (Å²) in [7, 11) is 0. The van der Waals surface area contributed by atoms with Crippen LogP contribution in [0.25, 0.3) is 0 Å². The van der Waals surface area contributed by atoms with Crippen molar-refractivity contribution in [1.82, 2.24) is 0 Å². The summed E-state index contributed by atoms with van der Waals surface area (Å²) in [4.78, 5) is 11.6. The molecule has 2 heteroatoms. The molecule has 1 rings (SSSR count). The second-order valence-electron chi connectivity index (χ2n) is 6.41. The molecule has 0 saturated heterocycles. The molecule has 0 N–H and O–H groups in total. The second kappa shape index (κ2) is 12.2. The molecular formula is C18H34O2. The van der Waals surface area contributed by atoms with Gasteiger partial charge in [-0.1, -0.05) is 71.1 Å². The van der Waals surface area contributed by atoms with Crippen LogP contribution in [0, 0.1) is 5.92 Å². The van der Waals surface area contributed by atoms with Crippen LogP contribution in [0.5, 0.6) is 0 Å². The average molecular weight is 282 g/mol. The van der Waals surface area contributed by atoms with Crippen LogP contribution in [0.4, 0.5) is 0 Å². The first-order valence-electron chi connectivity index (χ1n) is 8.98. The van der Waals surface area contributed by atoms with Gasteiger partial charge < -0.3 is 4.74 Å². The van der Waals surface area contributed by atoms with E-state index in [0.717, 1.165) is 6.42 Å². The Balaban J connectivity index is 1.84. The Morgan fingerprint density at radius 2 is 1.50 bits per heavy atom. The average Bonchev–Trinajstić information content (AvgIpc) is 2.49. The number of rotatable bonds is 11. The van der Waals surface area contributed by atoms with Crippen molar-refractivity contribution in [2.75, 3.05) is 6.61 Å². The minimum absolute atomic E-state index is 0.0292. The van der Waals surface area contributed by atoms with Gasteiger partial charge in [-0.2, -0.15) is 0 Å². The van der Waals surface area contributed by atoms with Gasteiger partial charge in [0.05, 0.1) is 6.61 Å². The lowest BCUT2D eigenvalue weighted by molar-refractivity contribution is -0.145. The molecule has 0 amide bonds. The summed E-state index contributed by atoms with van der Waals surface area (Å²) >= 11 is 0. The van der Waals surface area contributed by atoms with E-state index in [-0.39, 0.29) is 5.97 Å². The lowest BCUT2D eigenvalue weighted by Crippen LogP contribution is -2.16. The summed E-state index contributed by atoms with van der Waals surface area (Å²) in [5.41, 5.74) is 0. The molecule has 0 atom stereocenters. The number of hydrogen-bond donors (Lipinski definition) is 0. The predicted octanol–water partition coefficient (Wildman–Crippen LogP) is 5.64. The van der Waals surface area contributed by atoms with Crippen LogP contribution in [-0.4, -0.2) is 12.6 Å². The van der Waals surface area contributed by atoms with Crippen LogP contribution in [0.3, 0.4) is 0 Å². The Kier molecular flexibility index (Phi) is 10.7. The molecule has 0 aromatic carbocycles. The highest BCUT2D eigenvalue weighted by atomic mass is 16.5. The highest BCUT2D eigenvalue weighted by Gasteiger charge is 2.15. The van der Waals surface area contributed by atoms with Crippen molar-refractivity contribution in [2.45, 2.75) is 96.8 Å². The van der Waals surface area contributed by atoms with Crippen LogP contribution in [-0.2, 0) is 9.53 Å². The number of unbranched alkanes of at least 4 members (excludes halogenated alkanes) is 7. The van der Waals surface area contributed by atoms with Gasteiger partial charge in [0.1, 0.15) is 0 Å². The third-order valence-electron chi connectivity index (χ3n) is 4.44. The lowest BCUT2D eigenvalue weighted by Gasteiger charge is -2.20. The molecule has 0 aromatic rings. The third kappa shape index (κ3) is 9.39. The van der Waals surface area contributed by atoms with Crippen LogP contribution in [0.15, 0.2) is 0 Å². The van der Waals surface area contributed by atoms with Gasteiger partial charge in [0.15, 0.2) is 0 Å². The van der Waals surface area contributed by atoms with E-state index in [0.29, 0.717) is 18.9 Å². The normalized spacial score (nSPS) is 16.2. The summed E-state index contributed by atoms with van der Waals surface area (Å²) in [6.07, 6.45) is 17.4. The van der Waals surface area contributed by atoms with Crippen LogP contribution < -0.4 is 0 Å². The summed E-state index contributed by atoms with van der Waals surface area (Å²) in [6.45, 7) is 2.93. The molecule has 1 aliphatic carbocycles. The Morgan fingerprint density at radius 1 is 0.900 bits per heavy atom. The molecule has 0 radical (unpaired) electrons. The largest absolute Gasteiger partial charge is 0.465 e. The molecule has 0 unspecified atom stereocenters. The minimum atomic E-state index is 0.0292. The first-order chi connectivity index (χ1) is 9.83. The predicted molar refractivity (Wildman–Crippen MR) is 84.8 cm³/mol. The highest BCUT2D eigenvalue weighted by molar-refractivity contribution is 5.69. The number of hydrogen-bond acceptors (Lipinski definition) is 2. The smallest absolute Gasteiger partial charge is 0.305 e. The zero-order valence-electron chi connectivity index (χ0n) is 13.5. The van der Waals surface area contributed by atoms with E-state index < -0.39 is 0 Å². The number of carbonyl (C=O) groups is 1. The monoisotopic (exact) mass is 282 g/mol. The molecule has 0 bridgehead atoms. The van der Waals surface area contributed by atoms with Gasteiger partial charge in [0.25, 0.3) is 0 Å². The quantitative estimate of drug-likeness (QED) is 0.362. The molecule has 0 spiro atoms. The minimum Gasteiger partial charge on any atom is -0.465 e. The molecule has 118 valence electrons. The first-order valence-corrected chi connectivity index (χ1v) is 8.98. The van der Waals surface area contributed by atoms with Crippen molar-refractivity contribution in [3.05, 3.63) is 0 Å². The van der Waals surface area contributed by atoms with E-state index in [1.54, 1.807) is 0 Å². The molecule has 0 heterocycles. The van der Waals surface area contributed by atoms with E-state index in [2.05, 4.69) is 6.92 Å². The van der Waals surface area contributed by atoms with Gasteiger partial charge >= 0.3 is 5.97 Å². The SMILES string of the molecule is CCCCCCCCCCC(=O)OCC1CCCCC1. The highest BCUT2D eigenvalue weighted by Crippen LogP contribution is 2.23. The van der Waals surface area contributed by atoms with E-state index in [1.807, 2.05) is 0 Å². The van der Waals surface area contributed by atoms with E-state index >= 15 is 0 Å². The summed E-state index contributed by atoms with van der Waals surface area (Å²) in [6, 6.07) is 0. The van der Waals surface area contributed by atoms with Crippen LogP contribution in [0.2, 0.25) is 0 Å². The summed E-state index contributed by atoms with van der Waals surface area (Å²) in [5.74, 6) is 0.674. The van der Waals surface area contributed by atoms with E-state index in [4.69, 9.17) is 4.74 Å². The zero-order valence-corrected chi connectivity index (χ0v) is 13.5.